The molecule has 8 nitrogen and oxygen atoms in total. The van der Waals surface area contributed by atoms with Crippen molar-refractivity contribution in [2.75, 3.05) is 49.2 Å². The Morgan fingerprint density at radius 3 is 2.83 bits per heavy atom. The van der Waals surface area contributed by atoms with Crippen LogP contribution in [0.3, 0.4) is 0 Å². The van der Waals surface area contributed by atoms with Crippen LogP contribution < -0.4 is 31.4 Å². The largest absolute Gasteiger partial charge is 0.463 e. The summed E-state index contributed by atoms with van der Waals surface area (Å²) in [6, 6.07) is 4.03. The molecule has 0 amide bonds. The van der Waals surface area contributed by atoms with E-state index >= 15 is 0 Å². The molecule has 23 heavy (non-hydrogen) atoms. The molecular formula is C15H21N7O+2. The quantitative estimate of drug-likeness (QED) is 0.656. The van der Waals surface area contributed by atoms with Crippen molar-refractivity contribution in [2.24, 2.45) is 0 Å². The first-order valence-electron chi connectivity index (χ1n) is 7.70. The minimum Gasteiger partial charge on any atom is -0.463 e. The van der Waals surface area contributed by atoms with Gasteiger partial charge < -0.3 is 20.7 Å². The van der Waals surface area contributed by atoms with Crippen molar-refractivity contribution in [1.29, 1.82) is 5.26 Å². The van der Waals surface area contributed by atoms with Crippen LogP contribution in [0.25, 0.3) is 10.8 Å². The molecule has 120 valence electrons. The highest BCUT2D eigenvalue weighted by atomic mass is 16.5. The number of aromatic amines is 1. The fourth-order valence-corrected chi connectivity index (χ4v) is 2.93. The average molecular weight is 315 g/mol. The second-order valence-electron chi connectivity index (χ2n) is 5.43. The first-order valence-corrected chi connectivity index (χ1v) is 7.70. The number of anilines is 3. The summed E-state index contributed by atoms with van der Waals surface area (Å²) in [4.78, 5) is 9.51. The van der Waals surface area contributed by atoms with Crippen molar-refractivity contribution in [3.63, 3.8) is 0 Å². The Labute approximate surface area is 134 Å². The summed E-state index contributed by atoms with van der Waals surface area (Å²) in [5.41, 5.74) is 12.7. The molecule has 0 spiro atoms. The number of nitrogens with one attached hydrogen (secondary N) is 1. The maximum Gasteiger partial charge on any atom is 0.284 e. The fraction of sp³-hybridized carbons (Fsp3) is 0.400. The van der Waals surface area contributed by atoms with Crippen LogP contribution >= 0.6 is 0 Å². The van der Waals surface area contributed by atoms with Crippen LogP contribution in [-0.2, 0) is 0 Å². The van der Waals surface area contributed by atoms with Crippen molar-refractivity contribution in [2.45, 2.75) is 6.92 Å². The topological polar surface area (TPSA) is 132 Å². The number of fused-ring (bicyclic) bond motifs is 1. The van der Waals surface area contributed by atoms with E-state index in [1.54, 1.807) is 6.07 Å². The van der Waals surface area contributed by atoms with E-state index in [1.807, 2.05) is 6.92 Å². The van der Waals surface area contributed by atoms with E-state index < -0.39 is 0 Å². The Balaban J connectivity index is 2.24. The number of H-pyrrole nitrogens is 1. The van der Waals surface area contributed by atoms with E-state index in [1.165, 1.54) is 0 Å². The lowest BCUT2D eigenvalue weighted by molar-refractivity contribution is -0.655. The molecule has 0 unspecified atom stereocenters. The molecule has 2 aromatic rings. The van der Waals surface area contributed by atoms with E-state index in [0.717, 1.165) is 26.2 Å². The standard InChI is InChI=1S/C15H19N7O/c1-2-23-11-7-9-10(8-16)15(22-5-3-19-4-6-22)21-14(18)12(9)13(17)20-11/h7,19H,2-6H2,1H3,(H2,17,20)(H2,18,21)/p+2. The van der Waals surface area contributed by atoms with E-state index in [2.05, 4.69) is 26.3 Å². The number of nitriles is 1. The first-order chi connectivity index (χ1) is 11.2. The predicted molar refractivity (Wildman–Crippen MR) is 86.9 cm³/mol. The van der Waals surface area contributed by atoms with Crippen LogP contribution in [0.15, 0.2) is 6.07 Å². The second-order valence-corrected chi connectivity index (χ2v) is 5.43. The number of pyridine rings is 2. The number of hydrogen-bond donors (Lipinski definition) is 3. The lowest BCUT2D eigenvalue weighted by Crippen LogP contribution is -2.89. The number of nitrogens with two attached hydrogens (primary N) is 3. The van der Waals surface area contributed by atoms with Gasteiger partial charge in [0, 0.05) is 11.5 Å². The molecule has 3 heterocycles. The molecule has 1 aliphatic rings. The maximum absolute atomic E-state index is 9.69. The minimum atomic E-state index is 0.320. The summed E-state index contributed by atoms with van der Waals surface area (Å²) in [6.45, 7) is 5.99. The first kappa shape index (κ1) is 15.1. The van der Waals surface area contributed by atoms with Crippen LogP contribution in [0.1, 0.15) is 12.5 Å². The number of aromatic nitrogens is 2. The second kappa shape index (κ2) is 6.14. The van der Waals surface area contributed by atoms with Gasteiger partial charge in [0.2, 0.25) is 0 Å². The van der Waals surface area contributed by atoms with Gasteiger partial charge in [0.1, 0.15) is 28.7 Å². The monoisotopic (exact) mass is 315 g/mol. The third-order valence-corrected chi connectivity index (χ3v) is 3.96. The highest BCUT2D eigenvalue weighted by Crippen LogP contribution is 2.33. The highest BCUT2D eigenvalue weighted by Gasteiger charge is 2.24. The van der Waals surface area contributed by atoms with Gasteiger partial charge in [-0.15, -0.1) is 0 Å². The summed E-state index contributed by atoms with van der Waals surface area (Å²) in [5.74, 6) is 1.81. The molecule has 0 atom stereocenters. The van der Waals surface area contributed by atoms with Crippen LogP contribution in [-0.4, -0.2) is 37.8 Å². The van der Waals surface area contributed by atoms with Gasteiger partial charge in [-0.3, -0.25) is 5.73 Å². The van der Waals surface area contributed by atoms with E-state index in [0.29, 0.717) is 46.3 Å². The van der Waals surface area contributed by atoms with Crippen molar-refractivity contribution in [3.8, 4) is 11.9 Å². The van der Waals surface area contributed by atoms with Crippen LogP contribution in [0.5, 0.6) is 5.88 Å². The SMILES string of the molecule is CCOc1cc2c(C#N)c(N3CC[NH2+]CC3)nc(N)c2c(N)[nH+]1. The summed E-state index contributed by atoms with van der Waals surface area (Å²) < 4.78 is 5.49. The maximum atomic E-state index is 9.69. The molecule has 0 saturated carbocycles. The molecule has 0 radical (unpaired) electrons. The van der Waals surface area contributed by atoms with Crippen LogP contribution in [0.2, 0.25) is 0 Å². The smallest absolute Gasteiger partial charge is 0.284 e. The zero-order chi connectivity index (χ0) is 16.4. The fourth-order valence-electron chi connectivity index (χ4n) is 2.93. The summed E-state index contributed by atoms with van der Waals surface area (Å²) in [6.07, 6.45) is 0. The van der Waals surface area contributed by atoms with Gasteiger partial charge in [-0.05, 0) is 6.92 Å². The van der Waals surface area contributed by atoms with Crippen molar-refractivity contribution < 1.29 is 15.0 Å². The summed E-state index contributed by atoms with van der Waals surface area (Å²) >= 11 is 0. The van der Waals surface area contributed by atoms with Crippen LogP contribution in [0.4, 0.5) is 17.5 Å². The van der Waals surface area contributed by atoms with Gasteiger partial charge in [0.15, 0.2) is 0 Å². The van der Waals surface area contributed by atoms with E-state index in [9.17, 15) is 5.26 Å². The number of piperazine rings is 1. The Kier molecular flexibility index (Phi) is 4.04. The van der Waals surface area contributed by atoms with Gasteiger partial charge in [-0.2, -0.15) is 5.26 Å². The normalized spacial score (nSPS) is 14.7. The number of rotatable bonds is 3. The molecule has 1 aliphatic heterocycles. The molecule has 1 saturated heterocycles. The number of ether oxygens (including phenoxy) is 1. The molecule has 0 bridgehead atoms. The lowest BCUT2D eigenvalue weighted by atomic mass is 10.1. The van der Waals surface area contributed by atoms with E-state index in [-0.39, 0.29) is 0 Å². The van der Waals surface area contributed by atoms with Crippen molar-refractivity contribution in [3.05, 3.63) is 11.6 Å². The third kappa shape index (κ3) is 2.66. The summed E-state index contributed by atoms with van der Waals surface area (Å²) in [5, 5.41) is 13.2. The predicted octanol–water partition coefficient (Wildman–Crippen LogP) is -1.13. The Bertz CT molecular complexity index is 778. The molecule has 3 rings (SSSR count). The zero-order valence-corrected chi connectivity index (χ0v) is 13.1. The molecule has 8 heteroatoms. The molecule has 0 aliphatic carbocycles. The Morgan fingerprint density at radius 1 is 1.43 bits per heavy atom. The van der Waals surface area contributed by atoms with Crippen molar-refractivity contribution >= 4 is 28.2 Å². The van der Waals surface area contributed by atoms with Gasteiger partial charge in [0.25, 0.3) is 11.7 Å². The van der Waals surface area contributed by atoms with Gasteiger partial charge in [0.05, 0.1) is 32.8 Å². The third-order valence-electron chi connectivity index (χ3n) is 3.96. The van der Waals surface area contributed by atoms with Crippen molar-refractivity contribution in [1.82, 2.24) is 4.98 Å². The average Bonchev–Trinajstić information content (AvgIpc) is 2.55. The van der Waals surface area contributed by atoms with Crippen LogP contribution in [0, 0.1) is 11.3 Å². The van der Waals surface area contributed by atoms with Gasteiger partial charge in [-0.25, -0.2) is 9.97 Å². The molecular weight excluding hydrogens is 294 g/mol. The van der Waals surface area contributed by atoms with E-state index in [4.69, 9.17) is 16.2 Å². The number of nitrogens with zero attached hydrogens (tertiary/aromatic N) is 3. The highest BCUT2D eigenvalue weighted by molar-refractivity contribution is 6.03. The molecule has 1 fully saturated rings. The molecule has 2 aromatic heterocycles. The Morgan fingerprint density at radius 2 is 2.17 bits per heavy atom. The molecule has 7 N–H and O–H groups in total. The number of nitrogen functional groups attached to an aromatic ring is 2. The Hall–Kier alpha value is -2.79. The lowest BCUT2D eigenvalue weighted by Gasteiger charge is -2.27. The van der Waals surface area contributed by atoms with Gasteiger partial charge >= 0.3 is 0 Å². The minimum absolute atomic E-state index is 0.320. The van der Waals surface area contributed by atoms with Gasteiger partial charge in [-0.1, -0.05) is 0 Å². The number of hydrogen-bond acceptors (Lipinski definition) is 6. The zero-order valence-electron chi connectivity index (χ0n) is 13.1. The summed E-state index contributed by atoms with van der Waals surface area (Å²) in [7, 11) is 0. The number of quaternary nitrogens is 1. The molecule has 0 aromatic carbocycles.